The van der Waals surface area contributed by atoms with Gasteiger partial charge in [0.1, 0.15) is 11.5 Å². The first-order valence-corrected chi connectivity index (χ1v) is 10.2. The van der Waals surface area contributed by atoms with Gasteiger partial charge in [-0.3, -0.25) is 15.1 Å². The molecule has 5 nitrogen and oxygen atoms in total. The van der Waals surface area contributed by atoms with Crippen LogP contribution in [0, 0.1) is 0 Å². The minimum Gasteiger partial charge on any atom is -0.493 e. The molecule has 0 aromatic heterocycles. The molecule has 1 fully saturated rings. The van der Waals surface area contributed by atoms with Gasteiger partial charge in [0.2, 0.25) is 0 Å². The highest BCUT2D eigenvalue weighted by atomic mass is 32.2. The van der Waals surface area contributed by atoms with E-state index in [2.05, 4.69) is 16.0 Å². The molecule has 1 aliphatic heterocycles. The molecule has 1 heterocycles. The van der Waals surface area contributed by atoms with E-state index in [0.717, 1.165) is 17.8 Å². The molecule has 0 spiro atoms. The number of amidine groups is 1. The predicted molar refractivity (Wildman–Crippen MR) is 114 cm³/mol. The van der Waals surface area contributed by atoms with Crippen LogP contribution < -0.4 is 14.8 Å². The van der Waals surface area contributed by atoms with Gasteiger partial charge >= 0.3 is 12.4 Å². The van der Waals surface area contributed by atoms with Crippen LogP contribution in [0.3, 0.4) is 0 Å². The SMILES string of the molecule is CN=C1NC(=O)C(=C=Cc2ccc(OCc3ccc(C(F)(F)F)cc3C(F)(F)F)c(OC)c2)S1. The summed E-state index contributed by atoms with van der Waals surface area (Å²) in [5.41, 5.74) is 0.0797. The Kier molecular flexibility index (Phi) is 7.32. The van der Waals surface area contributed by atoms with Crippen molar-refractivity contribution in [2.45, 2.75) is 19.0 Å². The minimum atomic E-state index is -5.00. The van der Waals surface area contributed by atoms with Gasteiger partial charge in [-0.1, -0.05) is 17.9 Å². The van der Waals surface area contributed by atoms with E-state index in [4.69, 9.17) is 9.47 Å². The summed E-state index contributed by atoms with van der Waals surface area (Å²) in [7, 11) is 2.85. The highest BCUT2D eigenvalue weighted by molar-refractivity contribution is 8.18. The van der Waals surface area contributed by atoms with Crippen LogP contribution in [0.5, 0.6) is 11.5 Å². The van der Waals surface area contributed by atoms with Gasteiger partial charge in [0, 0.05) is 12.6 Å². The van der Waals surface area contributed by atoms with Crippen LogP contribution in [-0.4, -0.2) is 25.2 Å². The number of hydrogen-bond donors (Lipinski definition) is 1. The molecule has 0 unspecified atom stereocenters. The van der Waals surface area contributed by atoms with E-state index in [-0.39, 0.29) is 23.5 Å². The molecular formula is C22H16F6N2O3S. The number of hydrogen-bond acceptors (Lipinski definition) is 5. The molecule has 1 saturated heterocycles. The lowest BCUT2D eigenvalue weighted by molar-refractivity contribution is -0.143. The largest absolute Gasteiger partial charge is 0.493 e. The van der Waals surface area contributed by atoms with Gasteiger partial charge in [0.25, 0.3) is 5.91 Å². The summed E-state index contributed by atoms with van der Waals surface area (Å²) in [6.07, 6.45) is -8.41. The Morgan fingerprint density at radius 2 is 1.79 bits per heavy atom. The van der Waals surface area contributed by atoms with Crippen molar-refractivity contribution in [2.75, 3.05) is 14.2 Å². The van der Waals surface area contributed by atoms with E-state index >= 15 is 0 Å². The molecule has 3 rings (SSSR count). The van der Waals surface area contributed by atoms with Gasteiger partial charge in [-0.15, -0.1) is 0 Å². The van der Waals surface area contributed by atoms with Crippen molar-refractivity contribution in [3.05, 3.63) is 69.3 Å². The number of benzene rings is 2. The molecule has 0 saturated carbocycles. The quantitative estimate of drug-likeness (QED) is 0.326. The zero-order valence-corrected chi connectivity index (χ0v) is 18.4. The second-order valence-corrected chi connectivity index (χ2v) is 7.77. The molecule has 2 aromatic carbocycles. The van der Waals surface area contributed by atoms with Crippen LogP contribution in [0.25, 0.3) is 6.08 Å². The van der Waals surface area contributed by atoms with E-state index in [1.165, 1.54) is 32.4 Å². The number of halogens is 6. The molecule has 1 amide bonds. The number of amides is 1. The van der Waals surface area contributed by atoms with E-state index < -0.39 is 35.6 Å². The fourth-order valence-electron chi connectivity index (χ4n) is 2.86. The van der Waals surface area contributed by atoms with Crippen molar-refractivity contribution >= 4 is 28.9 Å². The zero-order valence-electron chi connectivity index (χ0n) is 17.6. The van der Waals surface area contributed by atoms with Crippen molar-refractivity contribution in [2.24, 2.45) is 4.99 Å². The number of carbonyl (C=O) groups is 1. The summed E-state index contributed by atoms with van der Waals surface area (Å²) in [4.78, 5) is 16.0. The Labute approximate surface area is 194 Å². The third-order valence-corrected chi connectivity index (χ3v) is 5.50. The van der Waals surface area contributed by atoms with E-state index in [0.29, 0.717) is 21.7 Å². The first kappa shape index (κ1) is 25.3. The van der Waals surface area contributed by atoms with Crippen LogP contribution in [0.15, 0.2) is 52.0 Å². The number of thioether (sulfide) groups is 1. The van der Waals surface area contributed by atoms with Crippen molar-refractivity contribution in [1.29, 1.82) is 0 Å². The van der Waals surface area contributed by atoms with Crippen LogP contribution >= 0.6 is 11.8 Å². The number of carbonyl (C=O) groups excluding carboxylic acids is 1. The Morgan fingerprint density at radius 3 is 2.38 bits per heavy atom. The Hall–Kier alpha value is -3.37. The van der Waals surface area contributed by atoms with Crippen molar-refractivity contribution in [1.82, 2.24) is 5.32 Å². The third-order valence-electron chi connectivity index (χ3n) is 4.51. The molecule has 0 radical (unpaired) electrons. The summed E-state index contributed by atoms with van der Waals surface area (Å²) in [6, 6.07) is 5.85. The van der Waals surface area contributed by atoms with Gasteiger partial charge in [-0.05, 0) is 47.7 Å². The van der Waals surface area contributed by atoms with E-state index in [1.54, 1.807) is 6.07 Å². The Morgan fingerprint density at radius 1 is 1.06 bits per heavy atom. The highest BCUT2D eigenvalue weighted by Crippen LogP contribution is 2.38. The summed E-state index contributed by atoms with van der Waals surface area (Å²) in [5.74, 6) is -0.111. The zero-order chi connectivity index (χ0) is 25.1. The van der Waals surface area contributed by atoms with Gasteiger partial charge in [0.05, 0.1) is 18.2 Å². The number of nitrogens with one attached hydrogen (secondary N) is 1. The number of aliphatic imine (C=N–C) groups is 1. The van der Waals surface area contributed by atoms with Crippen LogP contribution in [0.2, 0.25) is 0 Å². The average Bonchev–Trinajstić information content (AvgIpc) is 3.14. The maximum Gasteiger partial charge on any atom is 0.416 e. The molecule has 180 valence electrons. The fourth-order valence-corrected chi connectivity index (χ4v) is 3.55. The summed E-state index contributed by atoms with van der Waals surface area (Å²) < 4.78 is 89.1. The van der Waals surface area contributed by atoms with Crippen LogP contribution in [0.1, 0.15) is 22.3 Å². The second kappa shape index (κ2) is 9.86. The standard InChI is InChI=1S/C22H16F6N2O3S/c1-29-20-30-19(31)18(34-20)8-4-12-3-7-16(17(9-12)32-2)33-11-13-5-6-14(21(23,24)25)10-15(13)22(26,27)28/h3-7,9-10H,11H2,1-2H3,(H,29,30,31). The normalized spacial score (nSPS) is 15.2. The number of ether oxygens (including phenoxy) is 2. The molecular weight excluding hydrogens is 486 g/mol. The van der Waals surface area contributed by atoms with Crippen molar-refractivity contribution < 1.29 is 40.6 Å². The topological polar surface area (TPSA) is 59.9 Å². The fraction of sp³-hybridized carbons (Fsp3) is 0.227. The van der Waals surface area contributed by atoms with Crippen LogP contribution in [0.4, 0.5) is 26.3 Å². The maximum atomic E-state index is 13.3. The van der Waals surface area contributed by atoms with E-state index in [9.17, 15) is 31.1 Å². The van der Waals surface area contributed by atoms with Crippen LogP contribution in [-0.2, 0) is 23.8 Å². The van der Waals surface area contributed by atoms with Crippen molar-refractivity contribution in [3.8, 4) is 11.5 Å². The number of methoxy groups -OCH3 is 1. The number of alkyl halides is 6. The molecule has 1 aliphatic rings. The van der Waals surface area contributed by atoms with Crippen molar-refractivity contribution in [3.63, 3.8) is 0 Å². The lowest BCUT2D eigenvalue weighted by Crippen LogP contribution is -2.19. The van der Waals surface area contributed by atoms with Gasteiger partial charge in [0.15, 0.2) is 16.7 Å². The monoisotopic (exact) mass is 502 g/mol. The smallest absolute Gasteiger partial charge is 0.416 e. The molecule has 0 aliphatic carbocycles. The van der Waals surface area contributed by atoms with Gasteiger partial charge in [-0.25, -0.2) is 0 Å². The second-order valence-electron chi connectivity index (χ2n) is 6.77. The first-order chi connectivity index (χ1) is 15.9. The predicted octanol–water partition coefficient (Wildman–Crippen LogP) is 5.66. The molecule has 2 aromatic rings. The third kappa shape index (κ3) is 5.95. The lowest BCUT2D eigenvalue weighted by atomic mass is 10.0. The summed E-state index contributed by atoms with van der Waals surface area (Å²) >= 11 is 1.11. The number of nitrogens with zero attached hydrogens (tertiary/aromatic N) is 1. The van der Waals surface area contributed by atoms with Gasteiger partial charge in [-0.2, -0.15) is 26.3 Å². The Bertz CT molecular complexity index is 1200. The minimum absolute atomic E-state index is 0.0587. The highest BCUT2D eigenvalue weighted by Gasteiger charge is 2.38. The molecule has 0 bridgehead atoms. The molecule has 1 N–H and O–H groups in total. The van der Waals surface area contributed by atoms with E-state index in [1.807, 2.05) is 0 Å². The molecule has 12 heteroatoms. The first-order valence-electron chi connectivity index (χ1n) is 9.43. The molecule has 0 atom stereocenters. The van der Waals surface area contributed by atoms with Gasteiger partial charge < -0.3 is 9.47 Å². The Balaban J connectivity index is 1.83. The average molecular weight is 502 g/mol. The molecule has 34 heavy (non-hydrogen) atoms. The lowest BCUT2D eigenvalue weighted by Gasteiger charge is -2.17. The summed E-state index contributed by atoms with van der Waals surface area (Å²) in [5, 5.41) is 2.98. The summed E-state index contributed by atoms with van der Waals surface area (Å²) in [6.45, 7) is -0.640. The number of rotatable bonds is 5. The maximum absolute atomic E-state index is 13.3.